The Hall–Kier alpha value is -3.26. The SMILES string of the molecule is N#CC1=C(N)Oc2n[nH]c(C(F)(F)F)c2C1c1c(Cl)cccc1[N+](=O)[O-]. The highest BCUT2D eigenvalue weighted by atomic mass is 35.5. The molecular weight excluding hydrogens is 379 g/mol. The van der Waals surface area contributed by atoms with Gasteiger partial charge in [0.2, 0.25) is 11.8 Å². The fourth-order valence-electron chi connectivity index (χ4n) is 2.72. The van der Waals surface area contributed by atoms with Gasteiger partial charge in [0.25, 0.3) is 5.69 Å². The summed E-state index contributed by atoms with van der Waals surface area (Å²) in [4.78, 5) is 10.6. The number of nitro benzene ring substituents is 1. The van der Waals surface area contributed by atoms with E-state index in [4.69, 9.17) is 22.1 Å². The Balaban J connectivity index is 2.40. The molecule has 1 aromatic heterocycles. The lowest BCUT2D eigenvalue weighted by Crippen LogP contribution is -2.23. The van der Waals surface area contributed by atoms with Gasteiger partial charge in [0, 0.05) is 6.07 Å². The van der Waals surface area contributed by atoms with E-state index in [1.165, 1.54) is 12.1 Å². The molecule has 0 radical (unpaired) electrons. The highest BCUT2D eigenvalue weighted by Crippen LogP contribution is 2.50. The highest BCUT2D eigenvalue weighted by molar-refractivity contribution is 6.31. The van der Waals surface area contributed by atoms with Gasteiger partial charge in [-0.15, -0.1) is 5.10 Å². The topological polar surface area (TPSA) is 131 Å². The molecule has 1 aromatic carbocycles. The van der Waals surface area contributed by atoms with Crippen molar-refractivity contribution in [1.82, 2.24) is 10.2 Å². The van der Waals surface area contributed by atoms with Gasteiger partial charge in [-0.2, -0.15) is 18.4 Å². The van der Waals surface area contributed by atoms with E-state index in [9.17, 15) is 28.5 Å². The van der Waals surface area contributed by atoms with E-state index in [1.54, 1.807) is 11.2 Å². The molecule has 1 atom stereocenters. The fraction of sp³-hybridized carbons (Fsp3) is 0.143. The number of nitrogens with two attached hydrogens (primary N) is 1. The monoisotopic (exact) mass is 385 g/mol. The van der Waals surface area contributed by atoms with Gasteiger partial charge in [-0.25, -0.2) is 0 Å². The summed E-state index contributed by atoms with van der Waals surface area (Å²) in [6.45, 7) is 0. The van der Waals surface area contributed by atoms with Crippen LogP contribution in [0.5, 0.6) is 5.88 Å². The Bertz CT molecular complexity index is 993. The summed E-state index contributed by atoms with van der Waals surface area (Å²) in [6, 6.07) is 5.24. The third-order valence-corrected chi connectivity index (χ3v) is 4.07. The third kappa shape index (κ3) is 2.60. The van der Waals surface area contributed by atoms with Crippen LogP contribution < -0.4 is 10.5 Å². The van der Waals surface area contributed by atoms with Gasteiger partial charge in [0.05, 0.1) is 27.0 Å². The van der Waals surface area contributed by atoms with Crippen LogP contribution in [-0.2, 0) is 6.18 Å². The first-order valence-corrected chi connectivity index (χ1v) is 7.20. The number of nitrogens with zero attached hydrogens (tertiary/aromatic N) is 3. The molecule has 134 valence electrons. The van der Waals surface area contributed by atoms with Crippen molar-refractivity contribution in [3.05, 3.63) is 61.6 Å². The Morgan fingerprint density at radius 3 is 2.69 bits per heavy atom. The summed E-state index contributed by atoms with van der Waals surface area (Å²) in [6.07, 6.45) is -4.88. The zero-order chi connectivity index (χ0) is 19.2. The number of fused-ring (bicyclic) bond motifs is 1. The van der Waals surface area contributed by atoms with Crippen LogP contribution in [0.25, 0.3) is 0 Å². The van der Waals surface area contributed by atoms with Crippen LogP contribution in [-0.4, -0.2) is 15.1 Å². The van der Waals surface area contributed by atoms with Crippen LogP contribution >= 0.6 is 11.6 Å². The number of nitrogens with one attached hydrogen (secondary N) is 1. The molecule has 3 N–H and O–H groups in total. The van der Waals surface area contributed by atoms with E-state index in [-0.39, 0.29) is 10.6 Å². The first-order valence-electron chi connectivity index (χ1n) is 6.82. The van der Waals surface area contributed by atoms with Gasteiger partial charge in [0.15, 0.2) is 0 Å². The summed E-state index contributed by atoms with van der Waals surface area (Å²) in [5.41, 5.74) is 2.38. The number of alkyl halides is 3. The average molecular weight is 386 g/mol. The van der Waals surface area contributed by atoms with E-state index >= 15 is 0 Å². The summed E-state index contributed by atoms with van der Waals surface area (Å²) >= 11 is 6.05. The molecule has 0 bridgehead atoms. The van der Waals surface area contributed by atoms with Crippen LogP contribution in [0.2, 0.25) is 5.02 Å². The standard InChI is InChI=1S/C14H7ClF3N5O3/c15-6-2-1-3-7(23(24)25)9(6)8-5(4-19)12(20)26-13-10(8)11(21-22-13)14(16,17)18/h1-3,8H,20H2,(H,21,22). The molecule has 26 heavy (non-hydrogen) atoms. The molecule has 0 spiro atoms. The van der Waals surface area contributed by atoms with Gasteiger partial charge >= 0.3 is 6.18 Å². The van der Waals surface area contributed by atoms with E-state index in [0.29, 0.717) is 0 Å². The molecule has 2 heterocycles. The number of nitro groups is 1. The molecule has 1 aliphatic heterocycles. The molecule has 0 amide bonds. The molecule has 0 fully saturated rings. The lowest BCUT2D eigenvalue weighted by molar-refractivity contribution is -0.385. The van der Waals surface area contributed by atoms with E-state index in [0.717, 1.165) is 6.07 Å². The number of aromatic nitrogens is 2. The molecule has 1 unspecified atom stereocenters. The number of nitriles is 1. The van der Waals surface area contributed by atoms with Gasteiger partial charge < -0.3 is 10.5 Å². The Morgan fingerprint density at radius 2 is 2.12 bits per heavy atom. The quantitative estimate of drug-likeness (QED) is 0.602. The van der Waals surface area contributed by atoms with Crippen LogP contribution in [0.3, 0.4) is 0 Å². The van der Waals surface area contributed by atoms with Crippen molar-refractivity contribution in [1.29, 1.82) is 5.26 Å². The molecule has 8 nitrogen and oxygen atoms in total. The number of aromatic amines is 1. The van der Waals surface area contributed by atoms with Gasteiger partial charge in [-0.1, -0.05) is 17.7 Å². The maximum atomic E-state index is 13.4. The molecule has 1 aliphatic rings. The predicted molar refractivity (Wildman–Crippen MR) is 81.0 cm³/mol. The lowest BCUT2D eigenvalue weighted by Gasteiger charge is -2.24. The highest BCUT2D eigenvalue weighted by Gasteiger charge is 2.46. The number of H-pyrrole nitrogens is 1. The van der Waals surface area contributed by atoms with Crippen LogP contribution in [0, 0.1) is 21.4 Å². The van der Waals surface area contributed by atoms with Crippen molar-refractivity contribution in [2.75, 3.05) is 0 Å². The Labute approximate surface area is 147 Å². The van der Waals surface area contributed by atoms with Crippen molar-refractivity contribution in [3.8, 4) is 11.9 Å². The minimum atomic E-state index is -4.88. The maximum Gasteiger partial charge on any atom is 0.433 e. The smallest absolute Gasteiger partial charge is 0.420 e. The zero-order valence-electron chi connectivity index (χ0n) is 12.5. The second kappa shape index (κ2) is 5.92. The molecular formula is C14H7ClF3N5O3. The Morgan fingerprint density at radius 1 is 1.42 bits per heavy atom. The van der Waals surface area contributed by atoms with Crippen LogP contribution in [0.4, 0.5) is 18.9 Å². The number of hydrogen-bond acceptors (Lipinski definition) is 6. The largest absolute Gasteiger partial charge is 0.433 e. The number of hydrogen-bond donors (Lipinski definition) is 2. The minimum Gasteiger partial charge on any atom is -0.420 e. The number of rotatable bonds is 2. The van der Waals surface area contributed by atoms with Gasteiger partial charge in [-0.3, -0.25) is 15.2 Å². The average Bonchev–Trinajstić information content (AvgIpc) is 2.97. The van der Waals surface area contributed by atoms with E-state index in [1.807, 2.05) is 0 Å². The number of benzene rings is 1. The molecule has 12 heteroatoms. The van der Waals surface area contributed by atoms with Crippen molar-refractivity contribution in [2.24, 2.45) is 5.73 Å². The van der Waals surface area contributed by atoms with Crippen molar-refractivity contribution in [2.45, 2.75) is 12.1 Å². The fourth-order valence-corrected chi connectivity index (χ4v) is 3.00. The maximum absolute atomic E-state index is 13.4. The van der Waals surface area contributed by atoms with Crippen molar-refractivity contribution in [3.63, 3.8) is 0 Å². The van der Waals surface area contributed by atoms with Crippen molar-refractivity contribution < 1.29 is 22.8 Å². The first-order chi connectivity index (χ1) is 12.2. The van der Waals surface area contributed by atoms with Gasteiger partial charge in [-0.05, 0) is 6.07 Å². The second-order valence-electron chi connectivity index (χ2n) is 5.17. The van der Waals surface area contributed by atoms with E-state index in [2.05, 4.69) is 5.10 Å². The summed E-state index contributed by atoms with van der Waals surface area (Å²) in [5.74, 6) is -2.62. The van der Waals surface area contributed by atoms with Crippen LogP contribution in [0.15, 0.2) is 29.7 Å². The summed E-state index contributed by atoms with van der Waals surface area (Å²) < 4.78 is 45.1. The number of ether oxygens (including phenoxy) is 1. The minimum absolute atomic E-state index is 0.202. The van der Waals surface area contributed by atoms with Crippen molar-refractivity contribution >= 4 is 17.3 Å². The second-order valence-corrected chi connectivity index (χ2v) is 5.58. The molecule has 3 rings (SSSR count). The summed E-state index contributed by atoms with van der Waals surface area (Å²) in [7, 11) is 0. The third-order valence-electron chi connectivity index (χ3n) is 3.74. The molecule has 2 aromatic rings. The summed E-state index contributed by atoms with van der Waals surface area (Å²) in [5, 5.41) is 25.7. The molecule has 0 aliphatic carbocycles. The predicted octanol–water partition coefficient (Wildman–Crippen LogP) is 3.21. The van der Waals surface area contributed by atoms with Crippen LogP contribution in [0.1, 0.15) is 22.7 Å². The normalized spacial score (nSPS) is 16.7. The zero-order valence-corrected chi connectivity index (χ0v) is 13.2. The first kappa shape index (κ1) is 17.6. The molecule has 0 saturated carbocycles. The molecule has 0 saturated heterocycles. The van der Waals surface area contributed by atoms with Gasteiger partial charge in [0.1, 0.15) is 17.3 Å². The number of allylic oxidation sites excluding steroid dienone is 1. The lowest BCUT2D eigenvalue weighted by atomic mass is 9.83. The number of halogens is 4. The van der Waals surface area contributed by atoms with E-state index < -0.39 is 51.3 Å². The Kier molecular flexibility index (Phi) is 4.00.